The van der Waals surface area contributed by atoms with E-state index in [2.05, 4.69) is 0 Å². The van der Waals surface area contributed by atoms with Crippen LogP contribution < -0.4 is 5.56 Å². The maximum Gasteiger partial charge on any atom is 0.275 e. The molecule has 96 valence electrons. The summed E-state index contributed by atoms with van der Waals surface area (Å²) < 4.78 is 3.57. The van der Waals surface area contributed by atoms with Gasteiger partial charge in [0.15, 0.2) is 0 Å². The second-order valence-electron chi connectivity index (χ2n) is 4.77. The molecule has 1 aromatic carbocycles. The van der Waals surface area contributed by atoms with Crippen molar-refractivity contribution in [2.24, 2.45) is 7.05 Å². The van der Waals surface area contributed by atoms with E-state index < -0.39 is 0 Å². The van der Waals surface area contributed by atoms with Gasteiger partial charge in [0.25, 0.3) is 5.56 Å². The topological polar surface area (TPSA) is 26.9 Å². The molecule has 0 saturated carbocycles. The van der Waals surface area contributed by atoms with Gasteiger partial charge in [0.2, 0.25) is 0 Å². The lowest BCUT2D eigenvalue weighted by molar-refractivity contribution is 0.630. The molecule has 1 heterocycles. The van der Waals surface area contributed by atoms with E-state index in [1.807, 2.05) is 44.6 Å². The van der Waals surface area contributed by atoms with Gasteiger partial charge in [-0.3, -0.25) is 9.48 Å². The van der Waals surface area contributed by atoms with Gasteiger partial charge in [-0.25, -0.2) is 4.68 Å². The van der Waals surface area contributed by atoms with E-state index in [1.165, 1.54) is 0 Å². The second kappa shape index (κ2) is 4.65. The summed E-state index contributed by atoms with van der Waals surface area (Å²) in [5.41, 5.74) is 2.76. The van der Waals surface area contributed by atoms with Gasteiger partial charge in [0.05, 0.1) is 5.69 Å². The molecule has 2 aromatic rings. The predicted molar refractivity (Wildman–Crippen MR) is 74.8 cm³/mol. The summed E-state index contributed by atoms with van der Waals surface area (Å²) >= 11 is 5.87. The number of hydrogen-bond donors (Lipinski definition) is 0. The van der Waals surface area contributed by atoms with Gasteiger partial charge in [-0.15, -0.1) is 0 Å². The number of hydrogen-bond acceptors (Lipinski definition) is 1. The molecule has 0 aliphatic heterocycles. The molecule has 3 nitrogen and oxygen atoms in total. The first-order chi connectivity index (χ1) is 8.43. The third kappa shape index (κ3) is 1.99. The molecule has 0 bridgehead atoms. The minimum absolute atomic E-state index is 0.0484. The summed E-state index contributed by atoms with van der Waals surface area (Å²) in [5, 5.41) is 0.668. The van der Waals surface area contributed by atoms with Crippen molar-refractivity contribution in [1.82, 2.24) is 9.36 Å². The Hall–Kier alpha value is -1.48. The summed E-state index contributed by atoms with van der Waals surface area (Å²) in [6.45, 7) is 6.05. The van der Waals surface area contributed by atoms with Crippen LogP contribution in [-0.4, -0.2) is 9.36 Å². The van der Waals surface area contributed by atoms with Crippen molar-refractivity contribution < 1.29 is 0 Å². The molecule has 0 N–H and O–H groups in total. The molecule has 0 fully saturated rings. The van der Waals surface area contributed by atoms with E-state index in [9.17, 15) is 4.79 Å². The largest absolute Gasteiger partial charge is 0.285 e. The Morgan fingerprint density at radius 1 is 1.17 bits per heavy atom. The lowest BCUT2D eigenvalue weighted by atomic mass is 10.0. The summed E-state index contributed by atoms with van der Waals surface area (Å²) in [7, 11) is 1.90. The molecule has 0 saturated heterocycles. The first kappa shape index (κ1) is 13.0. The standard InChI is InChI=1S/C14H17ClN2O/c1-9(2)13-10(3)16(4)17(14(13)18)12-7-5-11(15)6-8-12/h5-9H,1-4H3. The highest BCUT2D eigenvalue weighted by Crippen LogP contribution is 2.18. The van der Waals surface area contributed by atoms with Crippen molar-refractivity contribution >= 4 is 11.6 Å². The van der Waals surface area contributed by atoms with Crippen LogP contribution in [0.2, 0.25) is 5.02 Å². The van der Waals surface area contributed by atoms with Crippen molar-refractivity contribution in [3.05, 3.63) is 50.9 Å². The van der Waals surface area contributed by atoms with Crippen LogP contribution in [0.4, 0.5) is 0 Å². The van der Waals surface area contributed by atoms with E-state index >= 15 is 0 Å². The van der Waals surface area contributed by atoms with Crippen LogP contribution in [-0.2, 0) is 7.05 Å². The highest BCUT2D eigenvalue weighted by molar-refractivity contribution is 6.30. The fourth-order valence-electron chi connectivity index (χ4n) is 2.27. The molecular formula is C14H17ClN2O. The lowest BCUT2D eigenvalue weighted by Gasteiger charge is -2.08. The third-order valence-electron chi connectivity index (χ3n) is 3.25. The van der Waals surface area contributed by atoms with Crippen LogP contribution in [0.3, 0.4) is 0 Å². The van der Waals surface area contributed by atoms with Gasteiger partial charge >= 0.3 is 0 Å². The Bertz CT molecular complexity index is 620. The van der Waals surface area contributed by atoms with Gasteiger partial charge in [-0.05, 0) is 37.1 Å². The normalized spacial score (nSPS) is 11.2. The number of benzene rings is 1. The zero-order valence-electron chi connectivity index (χ0n) is 11.1. The van der Waals surface area contributed by atoms with Crippen LogP contribution in [0.5, 0.6) is 0 Å². The van der Waals surface area contributed by atoms with Crippen LogP contribution in [0.15, 0.2) is 29.1 Å². The Balaban J connectivity index is 2.69. The van der Waals surface area contributed by atoms with Crippen LogP contribution in [0.1, 0.15) is 31.0 Å². The highest BCUT2D eigenvalue weighted by Gasteiger charge is 2.18. The van der Waals surface area contributed by atoms with Crippen LogP contribution in [0, 0.1) is 6.92 Å². The molecule has 0 aliphatic rings. The minimum atomic E-state index is 0.0484. The number of rotatable bonds is 2. The SMILES string of the molecule is Cc1c(C(C)C)c(=O)n(-c2ccc(Cl)cc2)n1C. The maximum absolute atomic E-state index is 12.4. The van der Waals surface area contributed by atoms with Crippen molar-refractivity contribution in [2.75, 3.05) is 0 Å². The van der Waals surface area contributed by atoms with Crippen molar-refractivity contribution in [2.45, 2.75) is 26.7 Å². The minimum Gasteiger partial charge on any atom is -0.285 e. The smallest absolute Gasteiger partial charge is 0.275 e. The molecular weight excluding hydrogens is 248 g/mol. The van der Waals surface area contributed by atoms with Crippen molar-refractivity contribution in [3.63, 3.8) is 0 Å². The molecule has 4 heteroatoms. The van der Waals surface area contributed by atoms with E-state index in [4.69, 9.17) is 11.6 Å². The zero-order chi connectivity index (χ0) is 13.4. The van der Waals surface area contributed by atoms with Gasteiger partial charge in [-0.1, -0.05) is 25.4 Å². The molecule has 0 spiro atoms. The number of nitrogens with zero attached hydrogens (tertiary/aromatic N) is 2. The average molecular weight is 265 g/mol. The summed E-state index contributed by atoms with van der Waals surface area (Å²) in [4.78, 5) is 12.4. The fourth-order valence-corrected chi connectivity index (χ4v) is 2.39. The Labute approximate surface area is 112 Å². The van der Waals surface area contributed by atoms with E-state index in [1.54, 1.807) is 16.8 Å². The third-order valence-corrected chi connectivity index (χ3v) is 3.50. The number of halogens is 1. The summed E-state index contributed by atoms with van der Waals surface area (Å²) in [6.07, 6.45) is 0. The van der Waals surface area contributed by atoms with E-state index in [0.717, 1.165) is 16.9 Å². The lowest BCUT2D eigenvalue weighted by Crippen LogP contribution is -2.21. The Kier molecular flexibility index (Phi) is 3.35. The molecule has 18 heavy (non-hydrogen) atoms. The first-order valence-electron chi connectivity index (χ1n) is 5.98. The predicted octanol–water partition coefficient (Wildman–Crippen LogP) is 3.26. The highest BCUT2D eigenvalue weighted by atomic mass is 35.5. The molecule has 1 aromatic heterocycles. The molecule has 0 radical (unpaired) electrons. The Morgan fingerprint density at radius 3 is 2.17 bits per heavy atom. The van der Waals surface area contributed by atoms with Crippen molar-refractivity contribution in [3.8, 4) is 5.69 Å². The average Bonchev–Trinajstić information content (AvgIpc) is 2.52. The molecule has 0 aliphatic carbocycles. The zero-order valence-corrected chi connectivity index (χ0v) is 11.8. The number of aromatic nitrogens is 2. The van der Waals surface area contributed by atoms with Crippen LogP contribution >= 0.6 is 11.6 Å². The molecule has 0 amide bonds. The molecule has 0 unspecified atom stereocenters. The quantitative estimate of drug-likeness (QED) is 0.818. The summed E-state index contributed by atoms with van der Waals surface area (Å²) in [6, 6.07) is 7.29. The van der Waals surface area contributed by atoms with Gasteiger partial charge < -0.3 is 0 Å². The van der Waals surface area contributed by atoms with Gasteiger partial charge in [0, 0.05) is 23.3 Å². The summed E-state index contributed by atoms with van der Waals surface area (Å²) in [5.74, 6) is 0.220. The molecule has 0 atom stereocenters. The van der Waals surface area contributed by atoms with E-state index in [0.29, 0.717) is 5.02 Å². The van der Waals surface area contributed by atoms with Gasteiger partial charge in [0.1, 0.15) is 0 Å². The van der Waals surface area contributed by atoms with Crippen molar-refractivity contribution in [1.29, 1.82) is 0 Å². The van der Waals surface area contributed by atoms with Gasteiger partial charge in [-0.2, -0.15) is 0 Å². The Morgan fingerprint density at radius 2 is 1.72 bits per heavy atom. The first-order valence-corrected chi connectivity index (χ1v) is 6.35. The fraction of sp³-hybridized carbons (Fsp3) is 0.357. The monoisotopic (exact) mass is 264 g/mol. The second-order valence-corrected chi connectivity index (χ2v) is 5.21. The van der Waals surface area contributed by atoms with Crippen LogP contribution in [0.25, 0.3) is 5.69 Å². The molecule has 2 rings (SSSR count). The van der Waals surface area contributed by atoms with E-state index in [-0.39, 0.29) is 11.5 Å². The maximum atomic E-state index is 12.4.